The van der Waals surface area contributed by atoms with E-state index in [4.69, 9.17) is 10.8 Å². The number of aliphatic carboxylic acids is 1. The highest BCUT2D eigenvalue weighted by molar-refractivity contribution is 7.15. The lowest BCUT2D eigenvalue weighted by Gasteiger charge is -1.98. The average Bonchev–Trinajstić information content (AvgIpc) is 2.69. The Kier molecular flexibility index (Phi) is 3.83. The molecule has 0 aliphatic rings. The van der Waals surface area contributed by atoms with E-state index >= 15 is 0 Å². The molecule has 19 heavy (non-hydrogen) atoms. The molecule has 0 bridgehead atoms. The van der Waals surface area contributed by atoms with E-state index in [9.17, 15) is 4.79 Å². The van der Waals surface area contributed by atoms with Gasteiger partial charge in [0.05, 0.1) is 5.69 Å². The van der Waals surface area contributed by atoms with Crippen LogP contribution in [0.15, 0.2) is 24.3 Å². The summed E-state index contributed by atoms with van der Waals surface area (Å²) in [6.45, 7) is 1.98. The number of benzene rings is 1. The normalized spacial score (nSPS) is 9.74. The zero-order valence-electron chi connectivity index (χ0n) is 10.3. The van der Waals surface area contributed by atoms with Crippen molar-refractivity contribution in [1.29, 1.82) is 0 Å². The molecule has 0 saturated carbocycles. The van der Waals surface area contributed by atoms with Crippen molar-refractivity contribution in [2.75, 3.05) is 5.73 Å². The number of aryl methyl sites for hydroxylation is 1. The summed E-state index contributed by atoms with van der Waals surface area (Å²) >= 11 is 1.46. The van der Waals surface area contributed by atoms with Gasteiger partial charge in [-0.1, -0.05) is 24.0 Å². The van der Waals surface area contributed by atoms with Crippen LogP contribution in [-0.2, 0) is 4.79 Å². The molecule has 5 heteroatoms. The van der Waals surface area contributed by atoms with Gasteiger partial charge in [-0.2, -0.15) is 0 Å². The van der Waals surface area contributed by atoms with Crippen molar-refractivity contribution < 1.29 is 9.90 Å². The highest BCUT2D eigenvalue weighted by Gasteiger charge is 2.07. The molecule has 3 N–H and O–H groups in total. The smallest absolute Gasteiger partial charge is 0.315 e. The Hall–Kier alpha value is -2.32. The van der Waals surface area contributed by atoms with Crippen LogP contribution in [0, 0.1) is 18.8 Å². The lowest BCUT2D eigenvalue weighted by atomic mass is 10.1. The summed E-state index contributed by atoms with van der Waals surface area (Å²) in [6.07, 6.45) is -0.149. The number of carbonyl (C=O) groups is 1. The van der Waals surface area contributed by atoms with Crippen molar-refractivity contribution in [1.82, 2.24) is 4.98 Å². The summed E-state index contributed by atoms with van der Waals surface area (Å²) in [4.78, 5) is 15.7. The monoisotopic (exact) mass is 272 g/mol. The number of hydrogen-bond acceptors (Lipinski definition) is 4. The molecule has 0 aliphatic heterocycles. The van der Waals surface area contributed by atoms with E-state index in [-0.39, 0.29) is 6.42 Å². The Bertz CT molecular complexity index is 663. The summed E-state index contributed by atoms with van der Waals surface area (Å²) in [5.74, 6) is 4.48. The molecule has 0 aliphatic carbocycles. The second kappa shape index (κ2) is 5.55. The van der Waals surface area contributed by atoms with E-state index in [1.165, 1.54) is 11.3 Å². The zero-order chi connectivity index (χ0) is 13.8. The molecule has 0 amide bonds. The van der Waals surface area contributed by atoms with Gasteiger partial charge in [0.25, 0.3) is 0 Å². The quantitative estimate of drug-likeness (QED) is 0.824. The van der Waals surface area contributed by atoms with Crippen LogP contribution < -0.4 is 5.73 Å². The van der Waals surface area contributed by atoms with Gasteiger partial charge in [0.1, 0.15) is 6.42 Å². The van der Waals surface area contributed by atoms with Gasteiger partial charge in [-0.3, -0.25) is 4.79 Å². The van der Waals surface area contributed by atoms with Gasteiger partial charge >= 0.3 is 5.97 Å². The summed E-state index contributed by atoms with van der Waals surface area (Å²) in [6, 6.07) is 7.51. The molecule has 1 aromatic carbocycles. The van der Waals surface area contributed by atoms with Crippen molar-refractivity contribution in [2.45, 2.75) is 13.3 Å². The lowest BCUT2D eigenvalue weighted by Crippen LogP contribution is -1.90. The molecular weight excluding hydrogens is 260 g/mol. The number of thiazole rings is 1. The first-order valence-electron chi connectivity index (χ1n) is 5.60. The highest BCUT2D eigenvalue weighted by Crippen LogP contribution is 2.28. The van der Waals surface area contributed by atoms with Gasteiger partial charge in [0, 0.05) is 16.0 Å². The molecule has 0 saturated heterocycles. The maximum atomic E-state index is 10.3. The van der Waals surface area contributed by atoms with Crippen molar-refractivity contribution in [3.05, 3.63) is 34.7 Å². The fourth-order valence-electron chi connectivity index (χ4n) is 1.62. The molecule has 96 valence electrons. The van der Waals surface area contributed by atoms with Gasteiger partial charge in [-0.05, 0) is 19.1 Å². The number of carboxylic acid groups (broad SMARTS) is 1. The molecular formula is C14H12N2O2S. The van der Waals surface area contributed by atoms with Crippen LogP contribution in [0.2, 0.25) is 0 Å². The Labute approximate surface area is 114 Å². The highest BCUT2D eigenvalue weighted by atomic mass is 32.1. The van der Waals surface area contributed by atoms with E-state index in [2.05, 4.69) is 16.8 Å². The second-order valence-electron chi connectivity index (χ2n) is 3.91. The molecule has 2 aromatic rings. The first kappa shape index (κ1) is 13.1. The number of nitrogen functional groups attached to an aromatic ring is 1. The van der Waals surface area contributed by atoms with E-state index in [0.717, 1.165) is 21.7 Å². The van der Waals surface area contributed by atoms with Crippen molar-refractivity contribution in [2.24, 2.45) is 0 Å². The second-order valence-corrected chi connectivity index (χ2v) is 5.14. The Morgan fingerprint density at radius 2 is 2.11 bits per heavy atom. The average molecular weight is 272 g/mol. The number of carboxylic acids is 1. The number of nitrogens with zero attached hydrogens (tertiary/aromatic N) is 1. The number of rotatable bonds is 2. The zero-order valence-corrected chi connectivity index (χ0v) is 11.1. The fraction of sp³-hybridized carbons (Fsp3) is 0.143. The minimum absolute atomic E-state index is 0.149. The minimum Gasteiger partial charge on any atom is -0.481 e. The molecule has 2 rings (SSSR count). The maximum Gasteiger partial charge on any atom is 0.315 e. The molecule has 0 spiro atoms. The number of aromatic nitrogens is 1. The first-order valence-corrected chi connectivity index (χ1v) is 6.42. The van der Waals surface area contributed by atoms with Crippen molar-refractivity contribution >= 4 is 22.4 Å². The molecule has 0 unspecified atom stereocenters. The van der Waals surface area contributed by atoms with E-state index in [1.54, 1.807) is 0 Å². The van der Waals surface area contributed by atoms with Gasteiger partial charge in [0.15, 0.2) is 5.13 Å². The Morgan fingerprint density at radius 1 is 1.42 bits per heavy atom. The summed E-state index contributed by atoms with van der Waals surface area (Å²) < 4.78 is 0. The fourth-order valence-corrected chi connectivity index (χ4v) is 2.33. The van der Waals surface area contributed by atoms with Crippen LogP contribution in [0.1, 0.15) is 16.9 Å². The van der Waals surface area contributed by atoms with Crippen LogP contribution in [0.5, 0.6) is 0 Å². The third-order valence-corrected chi connectivity index (χ3v) is 3.24. The predicted octanol–water partition coefficient (Wildman–Crippen LogP) is 2.53. The minimum atomic E-state index is -0.919. The number of anilines is 1. The molecule has 0 fully saturated rings. The third-order valence-electron chi connectivity index (χ3n) is 2.44. The molecule has 1 aromatic heterocycles. The Morgan fingerprint density at radius 3 is 2.63 bits per heavy atom. The summed E-state index contributed by atoms with van der Waals surface area (Å²) in [5, 5.41) is 9.05. The largest absolute Gasteiger partial charge is 0.481 e. The molecule has 4 nitrogen and oxygen atoms in total. The van der Waals surface area contributed by atoms with Crippen molar-refractivity contribution in [3.8, 4) is 23.1 Å². The predicted molar refractivity (Wildman–Crippen MR) is 75.8 cm³/mol. The Balaban J connectivity index is 2.20. The molecule has 1 heterocycles. The number of nitrogens with two attached hydrogens (primary N) is 1. The summed E-state index contributed by atoms with van der Waals surface area (Å²) in [5.41, 5.74) is 8.32. The van der Waals surface area contributed by atoms with E-state index in [1.807, 2.05) is 31.2 Å². The standard InChI is InChI=1S/C14H12N2O2S/c1-9-13(16-14(15)19-9)11-7-5-10(6-8-11)3-2-4-12(17)18/h5-8H,4H2,1H3,(H2,15,16)(H,17,18). The lowest BCUT2D eigenvalue weighted by molar-refractivity contribution is -0.135. The van der Waals surface area contributed by atoms with Crippen LogP contribution in [0.4, 0.5) is 5.13 Å². The van der Waals surface area contributed by atoms with E-state index in [0.29, 0.717) is 5.13 Å². The molecule has 0 atom stereocenters. The van der Waals surface area contributed by atoms with Crippen LogP contribution >= 0.6 is 11.3 Å². The first-order chi connectivity index (χ1) is 9.06. The van der Waals surface area contributed by atoms with Gasteiger partial charge < -0.3 is 10.8 Å². The maximum absolute atomic E-state index is 10.3. The number of hydrogen-bond donors (Lipinski definition) is 2. The van der Waals surface area contributed by atoms with E-state index < -0.39 is 5.97 Å². The third kappa shape index (κ3) is 3.33. The SMILES string of the molecule is Cc1sc(N)nc1-c1ccc(C#CCC(=O)O)cc1. The molecule has 0 radical (unpaired) electrons. The van der Waals surface area contributed by atoms with Gasteiger partial charge in [0.2, 0.25) is 0 Å². The van der Waals surface area contributed by atoms with Crippen molar-refractivity contribution in [3.63, 3.8) is 0 Å². The van der Waals surface area contributed by atoms with Gasteiger partial charge in [-0.25, -0.2) is 4.98 Å². The summed E-state index contributed by atoms with van der Waals surface area (Å²) in [7, 11) is 0. The van der Waals surface area contributed by atoms with Crippen LogP contribution in [0.25, 0.3) is 11.3 Å². The topological polar surface area (TPSA) is 76.2 Å². The van der Waals surface area contributed by atoms with Gasteiger partial charge in [-0.15, -0.1) is 11.3 Å². The van der Waals surface area contributed by atoms with Crippen LogP contribution in [0.3, 0.4) is 0 Å². The van der Waals surface area contributed by atoms with Crippen LogP contribution in [-0.4, -0.2) is 16.1 Å².